The number of morpholine rings is 1. The number of hydrogen-bond donors (Lipinski definition) is 2. The highest BCUT2D eigenvalue weighted by Crippen LogP contribution is 2.22. The lowest BCUT2D eigenvalue weighted by Crippen LogP contribution is -2.36. The quantitative estimate of drug-likeness (QED) is 0.653. The maximum Gasteiger partial charge on any atom is 0.263 e. The lowest BCUT2D eigenvalue weighted by atomic mass is 10.2. The molecule has 2 N–H and O–H groups in total. The van der Waals surface area contributed by atoms with Crippen molar-refractivity contribution in [3.63, 3.8) is 0 Å². The van der Waals surface area contributed by atoms with Gasteiger partial charge in [0.25, 0.3) is 11.5 Å². The molecule has 1 aromatic carbocycles. The van der Waals surface area contributed by atoms with Gasteiger partial charge in [-0.2, -0.15) is 0 Å². The summed E-state index contributed by atoms with van der Waals surface area (Å²) < 4.78 is 6.78. The molecule has 1 aliphatic heterocycles. The van der Waals surface area contributed by atoms with Gasteiger partial charge in [0.2, 0.25) is 0 Å². The van der Waals surface area contributed by atoms with Gasteiger partial charge in [-0.3, -0.25) is 9.59 Å². The zero-order chi connectivity index (χ0) is 21.8. The molecule has 3 aromatic rings. The van der Waals surface area contributed by atoms with Crippen molar-refractivity contribution >= 4 is 28.9 Å². The van der Waals surface area contributed by atoms with Crippen LogP contribution in [-0.4, -0.2) is 46.7 Å². The fourth-order valence-electron chi connectivity index (χ4n) is 3.32. The number of rotatable bonds is 5. The highest BCUT2D eigenvalue weighted by molar-refractivity contribution is 6.04. The molecule has 0 atom stereocenters. The average Bonchev–Trinajstić information content (AvgIpc) is 2.77. The third-order valence-corrected chi connectivity index (χ3v) is 4.94. The van der Waals surface area contributed by atoms with Crippen LogP contribution in [-0.2, 0) is 11.8 Å². The Kier molecular flexibility index (Phi) is 5.94. The highest BCUT2D eigenvalue weighted by Gasteiger charge is 2.14. The smallest absolute Gasteiger partial charge is 0.263 e. The van der Waals surface area contributed by atoms with E-state index in [1.807, 2.05) is 25.1 Å². The Morgan fingerprint density at radius 3 is 2.52 bits per heavy atom. The third kappa shape index (κ3) is 4.89. The summed E-state index contributed by atoms with van der Waals surface area (Å²) >= 11 is 0. The number of ether oxygens (including phenoxy) is 1. The standard InChI is InChI=1S/C22H24N6O3/c1-15-23-19(14-20(24-15)28-10-12-31-13-11-28)25-16-5-7-17(8-6-16)26-21(29)18-4-3-9-27(2)22(18)30/h3-9,14H,10-13H2,1-2H3,(H,26,29)(H,23,24,25). The van der Waals surface area contributed by atoms with E-state index in [0.29, 0.717) is 30.5 Å². The van der Waals surface area contributed by atoms with E-state index in [-0.39, 0.29) is 11.1 Å². The summed E-state index contributed by atoms with van der Waals surface area (Å²) in [5.74, 6) is 1.80. The molecule has 31 heavy (non-hydrogen) atoms. The number of carbonyl (C=O) groups is 1. The molecule has 0 bridgehead atoms. The Bertz CT molecular complexity index is 1140. The second kappa shape index (κ2) is 8.97. The van der Waals surface area contributed by atoms with Crippen molar-refractivity contribution in [1.82, 2.24) is 14.5 Å². The van der Waals surface area contributed by atoms with Crippen molar-refractivity contribution in [2.45, 2.75) is 6.92 Å². The molecule has 1 fully saturated rings. The van der Waals surface area contributed by atoms with E-state index >= 15 is 0 Å². The Hall–Kier alpha value is -3.72. The molecule has 9 nitrogen and oxygen atoms in total. The molecule has 1 amide bonds. The number of pyridine rings is 1. The fraction of sp³-hybridized carbons (Fsp3) is 0.273. The first-order chi connectivity index (χ1) is 15.0. The Labute approximate surface area is 179 Å². The fourth-order valence-corrected chi connectivity index (χ4v) is 3.32. The molecular weight excluding hydrogens is 396 g/mol. The van der Waals surface area contributed by atoms with E-state index in [1.54, 1.807) is 31.4 Å². The molecule has 0 radical (unpaired) electrons. The van der Waals surface area contributed by atoms with Gasteiger partial charge in [-0.05, 0) is 43.3 Å². The molecule has 1 saturated heterocycles. The molecule has 0 aliphatic carbocycles. The number of benzene rings is 1. The van der Waals surface area contributed by atoms with Gasteiger partial charge in [-0.15, -0.1) is 0 Å². The van der Waals surface area contributed by atoms with Crippen LogP contribution in [0.3, 0.4) is 0 Å². The van der Waals surface area contributed by atoms with Crippen LogP contribution >= 0.6 is 0 Å². The molecule has 3 heterocycles. The van der Waals surface area contributed by atoms with Crippen LogP contribution in [0.15, 0.2) is 53.5 Å². The first-order valence-corrected chi connectivity index (χ1v) is 10.0. The van der Waals surface area contributed by atoms with Gasteiger partial charge in [-0.1, -0.05) is 0 Å². The summed E-state index contributed by atoms with van der Waals surface area (Å²) in [6.07, 6.45) is 1.61. The number of carbonyl (C=O) groups excluding carboxylic acids is 1. The van der Waals surface area contributed by atoms with Crippen molar-refractivity contribution in [3.8, 4) is 0 Å². The van der Waals surface area contributed by atoms with Gasteiger partial charge < -0.3 is 24.8 Å². The van der Waals surface area contributed by atoms with Crippen molar-refractivity contribution in [1.29, 1.82) is 0 Å². The van der Waals surface area contributed by atoms with Crippen molar-refractivity contribution in [2.75, 3.05) is 41.8 Å². The lowest BCUT2D eigenvalue weighted by molar-refractivity contribution is 0.102. The normalized spacial score (nSPS) is 13.7. The zero-order valence-electron chi connectivity index (χ0n) is 17.5. The second-order valence-corrected chi connectivity index (χ2v) is 7.25. The molecule has 0 unspecified atom stereocenters. The number of nitrogens with zero attached hydrogens (tertiary/aromatic N) is 4. The van der Waals surface area contributed by atoms with Gasteiger partial charge in [0, 0.05) is 43.8 Å². The van der Waals surface area contributed by atoms with Gasteiger partial charge in [0.05, 0.1) is 13.2 Å². The largest absolute Gasteiger partial charge is 0.378 e. The SMILES string of the molecule is Cc1nc(Nc2ccc(NC(=O)c3cccn(C)c3=O)cc2)cc(N2CCOCC2)n1. The van der Waals surface area contributed by atoms with Gasteiger partial charge in [-0.25, -0.2) is 9.97 Å². The highest BCUT2D eigenvalue weighted by atomic mass is 16.5. The summed E-state index contributed by atoms with van der Waals surface area (Å²) in [7, 11) is 1.61. The molecule has 1 aliphatic rings. The number of aromatic nitrogens is 3. The number of aryl methyl sites for hydroxylation is 2. The minimum Gasteiger partial charge on any atom is -0.378 e. The van der Waals surface area contributed by atoms with Crippen molar-refractivity contribution < 1.29 is 9.53 Å². The van der Waals surface area contributed by atoms with E-state index in [4.69, 9.17) is 4.74 Å². The number of hydrogen-bond acceptors (Lipinski definition) is 7. The predicted octanol–water partition coefficient (Wildman–Crippen LogP) is 2.32. The maximum absolute atomic E-state index is 12.4. The van der Waals surface area contributed by atoms with Crippen molar-refractivity contribution in [3.05, 3.63) is 70.4 Å². The van der Waals surface area contributed by atoms with E-state index < -0.39 is 5.91 Å². The molecule has 160 valence electrons. The molecular formula is C22H24N6O3. The van der Waals surface area contributed by atoms with E-state index in [2.05, 4.69) is 25.5 Å². The van der Waals surface area contributed by atoms with E-state index in [1.165, 1.54) is 10.6 Å². The number of amides is 1. The summed E-state index contributed by atoms with van der Waals surface area (Å²) in [6.45, 7) is 4.84. The minimum absolute atomic E-state index is 0.0966. The van der Waals surface area contributed by atoms with Gasteiger partial charge in [0.15, 0.2) is 0 Å². The Morgan fingerprint density at radius 1 is 1.06 bits per heavy atom. The molecule has 0 saturated carbocycles. The Morgan fingerprint density at radius 2 is 1.77 bits per heavy atom. The average molecular weight is 420 g/mol. The zero-order valence-corrected chi connectivity index (χ0v) is 17.5. The van der Waals surface area contributed by atoms with Gasteiger partial charge in [0.1, 0.15) is 23.0 Å². The van der Waals surface area contributed by atoms with E-state index in [0.717, 1.165) is 24.6 Å². The summed E-state index contributed by atoms with van der Waals surface area (Å²) in [6, 6.07) is 12.3. The van der Waals surface area contributed by atoms with E-state index in [9.17, 15) is 9.59 Å². The monoisotopic (exact) mass is 420 g/mol. The second-order valence-electron chi connectivity index (χ2n) is 7.25. The van der Waals surface area contributed by atoms with Crippen LogP contribution in [0.25, 0.3) is 0 Å². The van der Waals surface area contributed by atoms with Crippen LogP contribution in [0.2, 0.25) is 0 Å². The maximum atomic E-state index is 12.4. The minimum atomic E-state index is -0.441. The Balaban J connectivity index is 1.45. The first kappa shape index (κ1) is 20.5. The molecule has 4 rings (SSSR count). The molecule has 2 aromatic heterocycles. The van der Waals surface area contributed by atoms with Crippen LogP contribution < -0.4 is 21.1 Å². The van der Waals surface area contributed by atoms with Crippen LogP contribution in [0.4, 0.5) is 23.0 Å². The molecule has 9 heteroatoms. The predicted molar refractivity (Wildman–Crippen MR) is 119 cm³/mol. The van der Waals surface area contributed by atoms with Gasteiger partial charge >= 0.3 is 0 Å². The van der Waals surface area contributed by atoms with Crippen LogP contribution in [0, 0.1) is 6.92 Å². The third-order valence-electron chi connectivity index (χ3n) is 4.94. The van der Waals surface area contributed by atoms with Crippen LogP contribution in [0.1, 0.15) is 16.2 Å². The topological polar surface area (TPSA) is 101 Å². The first-order valence-electron chi connectivity index (χ1n) is 10.0. The number of anilines is 4. The van der Waals surface area contributed by atoms with Crippen LogP contribution in [0.5, 0.6) is 0 Å². The number of nitrogens with one attached hydrogen (secondary N) is 2. The van der Waals surface area contributed by atoms with Crippen molar-refractivity contribution in [2.24, 2.45) is 7.05 Å². The summed E-state index contributed by atoms with van der Waals surface area (Å²) in [5.41, 5.74) is 1.17. The summed E-state index contributed by atoms with van der Waals surface area (Å²) in [5, 5.41) is 6.03. The lowest BCUT2D eigenvalue weighted by Gasteiger charge is -2.28. The molecule has 0 spiro atoms. The summed E-state index contributed by atoms with van der Waals surface area (Å²) in [4.78, 5) is 35.7.